The number of hydrogen-bond donors (Lipinski definition) is 1. The average molecular weight is 222 g/mol. The van der Waals surface area contributed by atoms with Crippen LogP contribution in [0.2, 0.25) is 0 Å². The maximum atomic E-state index is 3.59. The summed E-state index contributed by atoms with van der Waals surface area (Å²) in [5.74, 6) is 1.87. The molecule has 2 heteroatoms. The summed E-state index contributed by atoms with van der Waals surface area (Å²) >= 11 is 0. The zero-order chi connectivity index (χ0) is 11.2. The fourth-order valence-corrected chi connectivity index (χ4v) is 4.20. The summed E-state index contributed by atoms with van der Waals surface area (Å²) < 4.78 is 0. The van der Waals surface area contributed by atoms with Gasteiger partial charge in [-0.25, -0.2) is 0 Å². The van der Waals surface area contributed by atoms with E-state index in [4.69, 9.17) is 0 Å². The van der Waals surface area contributed by atoms with Gasteiger partial charge in [0.05, 0.1) is 0 Å². The lowest BCUT2D eigenvalue weighted by molar-refractivity contribution is 0.0945. The van der Waals surface area contributed by atoms with Crippen LogP contribution in [0.15, 0.2) is 0 Å². The smallest absolute Gasteiger partial charge is 0.00988 e. The van der Waals surface area contributed by atoms with Crippen LogP contribution < -0.4 is 5.32 Å². The van der Waals surface area contributed by atoms with E-state index in [0.29, 0.717) is 5.41 Å². The maximum absolute atomic E-state index is 3.59. The molecule has 0 aromatic carbocycles. The number of likely N-dealkylation sites (tertiary alicyclic amines) is 1. The lowest BCUT2D eigenvalue weighted by Crippen LogP contribution is -2.45. The normalized spacial score (nSPS) is 43.7. The average Bonchev–Trinajstić information content (AvgIpc) is 2.92. The van der Waals surface area contributed by atoms with E-state index < -0.39 is 0 Å². The second-order valence-corrected chi connectivity index (χ2v) is 6.71. The summed E-state index contributed by atoms with van der Waals surface area (Å²) in [5, 5.41) is 3.59. The van der Waals surface area contributed by atoms with E-state index in [-0.39, 0.29) is 0 Å². The van der Waals surface area contributed by atoms with E-state index in [1.54, 1.807) is 0 Å². The highest BCUT2D eigenvalue weighted by molar-refractivity contribution is 4.98. The molecule has 3 aliphatic rings. The Morgan fingerprint density at radius 1 is 1.38 bits per heavy atom. The molecule has 2 saturated heterocycles. The number of fused-ring (bicyclic) bond motifs is 2. The van der Waals surface area contributed by atoms with Crippen LogP contribution in [0.25, 0.3) is 0 Å². The Morgan fingerprint density at radius 2 is 2.25 bits per heavy atom. The number of nitrogens with zero attached hydrogens (tertiary/aromatic N) is 1. The number of hydrogen-bond acceptors (Lipinski definition) is 2. The fraction of sp³-hybridized carbons (Fsp3) is 1.00. The highest BCUT2D eigenvalue weighted by Gasteiger charge is 2.44. The molecule has 92 valence electrons. The van der Waals surface area contributed by atoms with Gasteiger partial charge in [-0.2, -0.15) is 0 Å². The van der Waals surface area contributed by atoms with Crippen molar-refractivity contribution in [1.29, 1.82) is 0 Å². The van der Waals surface area contributed by atoms with Crippen molar-refractivity contribution in [3.8, 4) is 0 Å². The third kappa shape index (κ3) is 1.70. The summed E-state index contributed by atoms with van der Waals surface area (Å²) in [6, 6.07) is 0.946. The van der Waals surface area contributed by atoms with Gasteiger partial charge in [-0.3, -0.25) is 4.90 Å². The van der Waals surface area contributed by atoms with Crippen LogP contribution >= 0.6 is 0 Å². The molecular formula is C14H26N2. The van der Waals surface area contributed by atoms with Gasteiger partial charge in [0.1, 0.15) is 0 Å². The van der Waals surface area contributed by atoms with Gasteiger partial charge in [0.15, 0.2) is 0 Å². The molecule has 0 aromatic heterocycles. The van der Waals surface area contributed by atoms with E-state index in [1.807, 2.05) is 0 Å². The Kier molecular flexibility index (Phi) is 2.75. The van der Waals surface area contributed by atoms with Crippen molar-refractivity contribution in [3.63, 3.8) is 0 Å². The van der Waals surface area contributed by atoms with Gasteiger partial charge >= 0.3 is 0 Å². The molecule has 3 fully saturated rings. The molecule has 0 spiro atoms. The van der Waals surface area contributed by atoms with E-state index >= 15 is 0 Å². The Labute approximate surface area is 99.8 Å². The van der Waals surface area contributed by atoms with Crippen LogP contribution in [0, 0.1) is 17.3 Å². The molecule has 1 aliphatic carbocycles. The van der Waals surface area contributed by atoms with E-state index in [9.17, 15) is 0 Å². The predicted molar refractivity (Wildman–Crippen MR) is 67.5 cm³/mol. The predicted octanol–water partition coefficient (Wildman–Crippen LogP) is 2.11. The fourth-order valence-electron chi connectivity index (χ4n) is 4.20. The molecule has 0 aromatic rings. The zero-order valence-corrected chi connectivity index (χ0v) is 10.8. The Hall–Kier alpha value is -0.0800. The van der Waals surface area contributed by atoms with Crippen molar-refractivity contribution in [3.05, 3.63) is 0 Å². The molecule has 1 N–H and O–H groups in total. The number of piperidine rings is 1. The maximum Gasteiger partial charge on any atom is 0.00988 e. The summed E-state index contributed by atoms with van der Waals surface area (Å²) in [7, 11) is 0. The minimum atomic E-state index is 0.574. The summed E-state index contributed by atoms with van der Waals surface area (Å²) in [4.78, 5) is 2.82. The Balaban J connectivity index is 1.68. The first kappa shape index (κ1) is 11.0. The standard InChI is InChI=1S/C14H26N2/c1-11(2)14(5-6-15-9-14)10-16-8-12-3-4-13(16)7-12/h11-13,15H,3-10H2,1-2H3. The van der Waals surface area contributed by atoms with Gasteiger partial charge in [-0.15, -0.1) is 0 Å². The van der Waals surface area contributed by atoms with Crippen LogP contribution in [-0.4, -0.2) is 37.1 Å². The molecule has 2 nitrogen and oxygen atoms in total. The zero-order valence-electron chi connectivity index (χ0n) is 10.8. The van der Waals surface area contributed by atoms with Crippen LogP contribution in [0.5, 0.6) is 0 Å². The lowest BCUT2D eigenvalue weighted by atomic mass is 9.75. The van der Waals surface area contributed by atoms with E-state index in [2.05, 4.69) is 24.1 Å². The second-order valence-electron chi connectivity index (χ2n) is 6.71. The summed E-state index contributed by atoms with van der Waals surface area (Å²) in [6.07, 6.45) is 5.88. The molecule has 0 radical (unpaired) electrons. The van der Waals surface area contributed by atoms with E-state index in [1.165, 1.54) is 51.9 Å². The number of rotatable bonds is 3. The van der Waals surface area contributed by atoms with Gasteiger partial charge in [0.25, 0.3) is 0 Å². The van der Waals surface area contributed by atoms with Crippen molar-refractivity contribution in [2.75, 3.05) is 26.2 Å². The van der Waals surface area contributed by atoms with Gasteiger partial charge in [-0.05, 0) is 49.5 Å². The molecule has 2 heterocycles. The lowest BCUT2D eigenvalue weighted by Gasteiger charge is -2.39. The van der Waals surface area contributed by atoms with Gasteiger partial charge in [-0.1, -0.05) is 13.8 Å². The topological polar surface area (TPSA) is 15.3 Å². The summed E-state index contributed by atoms with van der Waals surface area (Å²) in [6.45, 7) is 10.1. The molecule has 1 saturated carbocycles. The summed E-state index contributed by atoms with van der Waals surface area (Å²) in [5.41, 5.74) is 0.574. The monoisotopic (exact) mass is 222 g/mol. The van der Waals surface area contributed by atoms with Crippen molar-refractivity contribution < 1.29 is 0 Å². The van der Waals surface area contributed by atoms with Crippen LogP contribution in [-0.2, 0) is 0 Å². The molecule has 2 bridgehead atoms. The second kappa shape index (κ2) is 3.99. The van der Waals surface area contributed by atoms with E-state index in [0.717, 1.165) is 17.9 Å². The minimum absolute atomic E-state index is 0.574. The Bertz CT molecular complexity index is 255. The highest BCUT2D eigenvalue weighted by atomic mass is 15.2. The minimum Gasteiger partial charge on any atom is -0.316 e. The first-order valence-corrected chi connectivity index (χ1v) is 7.14. The van der Waals surface area contributed by atoms with Gasteiger partial charge < -0.3 is 5.32 Å². The number of nitrogens with one attached hydrogen (secondary N) is 1. The molecular weight excluding hydrogens is 196 g/mol. The van der Waals surface area contributed by atoms with Crippen molar-refractivity contribution in [2.24, 2.45) is 17.3 Å². The molecule has 2 aliphatic heterocycles. The van der Waals surface area contributed by atoms with Crippen molar-refractivity contribution >= 4 is 0 Å². The first-order chi connectivity index (χ1) is 7.70. The third-order valence-corrected chi connectivity index (χ3v) is 5.54. The molecule has 3 rings (SSSR count). The largest absolute Gasteiger partial charge is 0.316 e. The van der Waals surface area contributed by atoms with Crippen molar-refractivity contribution in [2.45, 2.75) is 45.6 Å². The van der Waals surface area contributed by atoms with Crippen molar-refractivity contribution in [1.82, 2.24) is 10.2 Å². The van der Waals surface area contributed by atoms with Gasteiger partial charge in [0, 0.05) is 25.7 Å². The molecule has 16 heavy (non-hydrogen) atoms. The van der Waals surface area contributed by atoms with Crippen LogP contribution in [0.4, 0.5) is 0 Å². The quantitative estimate of drug-likeness (QED) is 0.787. The molecule has 3 atom stereocenters. The van der Waals surface area contributed by atoms with Crippen LogP contribution in [0.3, 0.4) is 0 Å². The molecule has 3 unspecified atom stereocenters. The third-order valence-electron chi connectivity index (χ3n) is 5.54. The molecule has 0 amide bonds. The first-order valence-electron chi connectivity index (χ1n) is 7.14. The highest BCUT2D eigenvalue weighted by Crippen LogP contribution is 2.42. The SMILES string of the molecule is CC(C)C1(CN2CC3CCC2C3)CCNC1. The van der Waals surface area contributed by atoms with Gasteiger partial charge in [0.2, 0.25) is 0 Å². The Morgan fingerprint density at radius 3 is 2.75 bits per heavy atom. The van der Waals surface area contributed by atoms with Crippen LogP contribution in [0.1, 0.15) is 39.5 Å².